The molecule has 2 amide bonds. The van der Waals surface area contributed by atoms with Crippen LogP contribution in [0.2, 0.25) is 0 Å². The van der Waals surface area contributed by atoms with Crippen LogP contribution >= 0.6 is 0 Å². The van der Waals surface area contributed by atoms with Crippen LogP contribution in [0.15, 0.2) is 34.9 Å². The third-order valence-electron chi connectivity index (χ3n) is 4.91. The van der Waals surface area contributed by atoms with Crippen LogP contribution < -0.4 is 5.32 Å². The number of aromatic nitrogens is 1. The highest BCUT2D eigenvalue weighted by molar-refractivity contribution is 5.96. The van der Waals surface area contributed by atoms with E-state index in [0.717, 1.165) is 32.4 Å². The van der Waals surface area contributed by atoms with E-state index in [2.05, 4.69) is 16.5 Å². The Hall–Kier alpha value is -3.14. The molecular formula is C21H24N4O3. The molecule has 0 saturated carbocycles. The molecule has 7 nitrogen and oxygen atoms in total. The average molecular weight is 380 g/mol. The minimum absolute atomic E-state index is 0.0365. The van der Waals surface area contributed by atoms with Crippen LogP contribution in [0.1, 0.15) is 49.2 Å². The highest BCUT2D eigenvalue weighted by Gasteiger charge is 2.30. The van der Waals surface area contributed by atoms with Crippen LogP contribution in [-0.2, 0) is 4.79 Å². The lowest BCUT2D eigenvalue weighted by atomic mass is 10.0. The summed E-state index contributed by atoms with van der Waals surface area (Å²) in [5.41, 5.74) is 1.65. The lowest BCUT2D eigenvalue weighted by Gasteiger charge is -2.32. The van der Waals surface area contributed by atoms with Crippen LogP contribution in [0.5, 0.6) is 0 Å². The summed E-state index contributed by atoms with van der Waals surface area (Å²) in [7, 11) is 0. The van der Waals surface area contributed by atoms with Gasteiger partial charge in [-0.15, -0.1) is 0 Å². The molecule has 1 fully saturated rings. The summed E-state index contributed by atoms with van der Waals surface area (Å²) >= 11 is 0. The van der Waals surface area contributed by atoms with E-state index in [1.165, 1.54) is 6.07 Å². The van der Waals surface area contributed by atoms with Gasteiger partial charge in [0, 0.05) is 24.7 Å². The molecule has 2 heterocycles. The van der Waals surface area contributed by atoms with Crippen molar-refractivity contribution in [3.8, 4) is 17.3 Å². The van der Waals surface area contributed by atoms with Crippen LogP contribution in [0.4, 0.5) is 0 Å². The monoisotopic (exact) mass is 380 g/mol. The zero-order chi connectivity index (χ0) is 20.1. The number of carbonyl (C=O) groups is 2. The van der Waals surface area contributed by atoms with Crippen molar-refractivity contribution in [1.82, 2.24) is 15.4 Å². The number of amides is 2. The lowest BCUT2D eigenvalue weighted by molar-refractivity contribution is -0.135. The average Bonchev–Trinajstić information content (AvgIpc) is 3.22. The van der Waals surface area contributed by atoms with Gasteiger partial charge < -0.3 is 14.7 Å². The van der Waals surface area contributed by atoms with Gasteiger partial charge in [-0.05, 0) is 37.3 Å². The van der Waals surface area contributed by atoms with E-state index in [9.17, 15) is 9.59 Å². The summed E-state index contributed by atoms with van der Waals surface area (Å²) in [6, 6.07) is 9.88. The Kier molecular flexibility index (Phi) is 6.09. The quantitative estimate of drug-likeness (QED) is 0.860. The SMILES string of the molecule is CC(C)C(NC(=O)c1cc(-c2cccc(C#N)c2)no1)C(=O)N1CCCCC1. The zero-order valence-electron chi connectivity index (χ0n) is 16.1. The summed E-state index contributed by atoms with van der Waals surface area (Å²) in [5, 5.41) is 15.7. The number of hydrogen-bond donors (Lipinski definition) is 1. The Morgan fingerprint density at radius 2 is 1.96 bits per heavy atom. The predicted molar refractivity (Wildman–Crippen MR) is 103 cm³/mol. The Morgan fingerprint density at radius 1 is 1.21 bits per heavy atom. The summed E-state index contributed by atoms with van der Waals surface area (Å²) in [4.78, 5) is 27.3. The fourth-order valence-corrected chi connectivity index (χ4v) is 3.30. The van der Waals surface area contributed by atoms with Crippen molar-refractivity contribution < 1.29 is 14.1 Å². The normalized spacial score (nSPS) is 15.1. The smallest absolute Gasteiger partial charge is 0.290 e. The van der Waals surface area contributed by atoms with Gasteiger partial charge in [0.15, 0.2) is 0 Å². The summed E-state index contributed by atoms with van der Waals surface area (Å²) in [6.07, 6.45) is 3.13. The molecule has 1 aliphatic rings. The molecule has 1 aromatic heterocycles. The predicted octanol–water partition coefficient (Wildman–Crippen LogP) is 2.98. The van der Waals surface area contributed by atoms with Gasteiger partial charge in [0.05, 0.1) is 11.6 Å². The van der Waals surface area contributed by atoms with Crippen molar-refractivity contribution in [2.75, 3.05) is 13.1 Å². The van der Waals surface area contributed by atoms with Gasteiger partial charge in [-0.1, -0.05) is 31.1 Å². The first-order valence-corrected chi connectivity index (χ1v) is 9.56. The van der Waals surface area contributed by atoms with E-state index >= 15 is 0 Å². The maximum Gasteiger partial charge on any atom is 0.290 e. The van der Waals surface area contributed by atoms with E-state index in [-0.39, 0.29) is 17.6 Å². The molecule has 0 aliphatic carbocycles. The number of nitriles is 1. The largest absolute Gasteiger partial charge is 0.350 e. The second-order valence-corrected chi connectivity index (χ2v) is 7.35. The van der Waals surface area contributed by atoms with Crippen molar-refractivity contribution in [3.05, 3.63) is 41.7 Å². The molecule has 1 N–H and O–H groups in total. The first-order chi connectivity index (χ1) is 13.5. The molecule has 1 aromatic carbocycles. The van der Waals surface area contributed by atoms with E-state index in [4.69, 9.17) is 9.78 Å². The van der Waals surface area contributed by atoms with E-state index in [0.29, 0.717) is 16.8 Å². The molecule has 2 aromatic rings. The van der Waals surface area contributed by atoms with Crippen LogP contribution in [0.25, 0.3) is 11.3 Å². The van der Waals surface area contributed by atoms with Gasteiger partial charge in [-0.25, -0.2) is 0 Å². The minimum Gasteiger partial charge on any atom is -0.350 e. The molecule has 1 atom stereocenters. The third-order valence-corrected chi connectivity index (χ3v) is 4.91. The lowest BCUT2D eigenvalue weighted by Crippen LogP contribution is -2.52. The highest BCUT2D eigenvalue weighted by atomic mass is 16.5. The number of piperidine rings is 1. The molecule has 0 radical (unpaired) electrons. The second kappa shape index (κ2) is 8.70. The Bertz CT molecular complexity index is 891. The summed E-state index contributed by atoms with van der Waals surface area (Å²) in [5.74, 6) is -0.536. The standard InChI is InChI=1S/C21H24N4O3/c1-14(2)19(21(27)25-9-4-3-5-10-25)23-20(26)18-12-17(24-28-18)16-8-6-7-15(11-16)13-22/h6-8,11-12,14,19H,3-5,9-10H2,1-2H3,(H,23,26). The zero-order valence-corrected chi connectivity index (χ0v) is 16.1. The fraction of sp³-hybridized carbons (Fsp3) is 0.429. The topological polar surface area (TPSA) is 99.2 Å². The van der Waals surface area contributed by atoms with Crippen molar-refractivity contribution in [3.63, 3.8) is 0 Å². The van der Waals surface area contributed by atoms with E-state index < -0.39 is 11.9 Å². The first kappa shape index (κ1) is 19.6. The van der Waals surface area contributed by atoms with E-state index in [1.54, 1.807) is 24.3 Å². The maximum absolute atomic E-state index is 12.8. The van der Waals surface area contributed by atoms with Gasteiger partial charge in [-0.3, -0.25) is 9.59 Å². The first-order valence-electron chi connectivity index (χ1n) is 9.56. The van der Waals surface area contributed by atoms with Crippen LogP contribution in [0, 0.1) is 17.2 Å². The number of hydrogen-bond acceptors (Lipinski definition) is 5. The molecule has 3 rings (SSSR count). The molecule has 28 heavy (non-hydrogen) atoms. The molecule has 1 unspecified atom stereocenters. The number of rotatable bonds is 5. The number of likely N-dealkylation sites (tertiary alicyclic amines) is 1. The molecule has 0 spiro atoms. The number of nitrogens with one attached hydrogen (secondary N) is 1. The van der Waals surface area contributed by atoms with Gasteiger partial charge in [0.2, 0.25) is 11.7 Å². The number of benzene rings is 1. The fourth-order valence-electron chi connectivity index (χ4n) is 3.30. The Morgan fingerprint density at radius 3 is 2.64 bits per heavy atom. The number of nitrogens with zero attached hydrogens (tertiary/aromatic N) is 3. The molecule has 1 aliphatic heterocycles. The molecule has 7 heteroatoms. The highest BCUT2D eigenvalue weighted by Crippen LogP contribution is 2.21. The molecule has 1 saturated heterocycles. The summed E-state index contributed by atoms with van der Waals surface area (Å²) in [6.45, 7) is 5.29. The third kappa shape index (κ3) is 4.39. The Balaban J connectivity index is 1.73. The maximum atomic E-state index is 12.8. The number of carbonyl (C=O) groups excluding carboxylic acids is 2. The molecular weight excluding hydrogens is 356 g/mol. The van der Waals surface area contributed by atoms with Crippen LogP contribution in [0.3, 0.4) is 0 Å². The van der Waals surface area contributed by atoms with Gasteiger partial charge in [0.1, 0.15) is 11.7 Å². The van der Waals surface area contributed by atoms with Crippen molar-refractivity contribution in [2.45, 2.75) is 39.2 Å². The van der Waals surface area contributed by atoms with Crippen LogP contribution in [-0.4, -0.2) is 41.0 Å². The summed E-state index contributed by atoms with van der Waals surface area (Å²) < 4.78 is 5.19. The minimum atomic E-state index is -0.610. The van der Waals surface area contributed by atoms with Gasteiger partial charge in [0.25, 0.3) is 5.91 Å². The molecule has 0 bridgehead atoms. The van der Waals surface area contributed by atoms with Gasteiger partial charge in [-0.2, -0.15) is 5.26 Å². The Labute approximate surface area is 164 Å². The second-order valence-electron chi connectivity index (χ2n) is 7.35. The van der Waals surface area contributed by atoms with Crippen molar-refractivity contribution >= 4 is 11.8 Å². The van der Waals surface area contributed by atoms with Crippen molar-refractivity contribution in [2.24, 2.45) is 5.92 Å². The van der Waals surface area contributed by atoms with Gasteiger partial charge >= 0.3 is 0 Å². The molecule has 146 valence electrons. The van der Waals surface area contributed by atoms with E-state index in [1.807, 2.05) is 18.7 Å². The van der Waals surface area contributed by atoms with Crippen molar-refractivity contribution in [1.29, 1.82) is 5.26 Å².